The van der Waals surface area contributed by atoms with Crippen molar-refractivity contribution in [2.45, 2.75) is 19.3 Å². The Morgan fingerprint density at radius 2 is 1.75 bits per heavy atom. The number of carbonyl (C=O) groups is 2. The first-order valence-electron chi connectivity index (χ1n) is 9.81. The number of carbonyl (C=O) groups excluding carboxylic acids is 2. The second kappa shape index (κ2) is 7.92. The van der Waals surface area contributed by atoms with E-state index in [1.165, 1.54) is 0 Å². The van der Waals surface area contributed by atoms with Crippen LogP contribution in [0.1, 0.15) is 18.4 Å². The van der Waals surface area contributed by atoms with Gasteiger partial charge in [-0.2, -0.15) is 0 Å². The molecule has 4 rings (SSSR count). The van der Waals surface area contributed by atoms with Gasteiger partial charge in [0, 0.05) is 44.2 Å². The molecular formula is C22H25N3O3. The number of nitrogens with zero attached hydrogens (tertiary/aromatic N) is 2. The van der Waals surface area contributed by atoms with E-state index < -0.39 is 0 Å². The van der Waals surface area contributed by atoms with Gasteiger partial charge in [-0.15, -0.1) is 0 Å². The number of phenols is 1. The smallest absolute Gasteiger partial charge is 0.227 e. The van der Waals surface area contributed by atoms with Crippen LogP contribution in [0, 0.1) is 5.92 Å². The maximum Gasteiger partial charge on any atom is 0.227 e. The van der Waals surface area contributed by atoms with Crippen molar-refractivity contribution in [3.05, 3.63) is 54.1 Å². The van der Waals surface area contributed by atoms with Crippen LogP contribution in [0.2, 0.25) is 0 Å². The zero-order chi connectivity index (χ0) is 19.5. The number of aromatic hydroxyl groups is 1. The second-order valence-electron chi connectivity index (χ2n) is 7.44. The van der Waals surface area contributed by atoms with Crippen molar-refractivity contribution in [2.24, 2.45) is 5.92 Å². The highest BCUT2D eigenvalue weighted by molar-refractivity contribution is 5.96. The lowest BCUT2D eigenvalue weighted by Crippen LogP contribution is -2.49. The van der Waals surface area contributed by atoms with Crippen molar-refractivity contribution in [1.82, 2.24) is 4.90 Å². The Morgan fingerprint density at radius 1 is 1.04 bits per heavy atom. The van der Waals surface area contributed by atoms with Crippen LogP contribution in [-0.4, -0.2) is 48.0 Å². The fraction of sp³-hybridized carbons (Fsp3) is 0.364. The van der Waals surface area contributed by atoms with Crippen LogP contribution in [0.25, 0.3) is 0 Å². The fourth-order valence-corrected chi connectivity index (χ4v) is 4.03. The van der Waals surface area contributed by atoms with Crippen LogP contribution < -0.4 is 10.2 Å². The third-order valence-corrected chi connectivity index (χ3v) is 5.67. The van der Waals surface area contributed by atoms with Crippen molar-refractivity contribution in [3.63, 3.8) is 0 Å². The number of para-hydroxylation sites is 3. The van der Waals surface area contributed by atoms with Gasteiger partial charge in [0.25, 0.3) is 0 Å². The second-order valence-corrected chi connectivity index (χ2v) is 7.44. The number of fused-ring (bicyclic) bond motifs is 1. The number of hydrogen-bond acceptors (Lipinski definition) is 4. The van der Waals surface area contributed by atoms with E-state index in [0.29, 0.717) is 45.4 Å². The van der Waals surface area contributed by atoms with E-state index in [1.54, 1.807) is 12.1 Å². The molecule has 0 aromatic heterocycles. The lowest BCUT2D eigenvalue weighted by Gasteiger charge is -2.36. The quantitative estimate of drug-likeness (QED) is 0.857. The summed E-state index contributed by atoms with van der Waals surface area (Å²) < 4.78 is 0. The molecule has 6 heteroatoms. The van der Waals surface area contributed by atoms with Gasteiger partial charge in [0.15, 0.2) is 0 Å². The predicted molar refractivity (Wildman–Crippen MR) is 108 cm³/mol. The number of amides is 2. The Kier molecular flexibility index (Phi) is 5.19. The summed E-state index contributed by atoms with van der Waals surface area (Å²) in [5.41, 5.74) is 2.83. The van der Waals surface area contributed by atoms with E-state index in [1.807, 2.05) is 41.3 Å². The molecule has 146 valence electrons. The number of hydrogen-bond donors (Lipinski definition) is 2. The molecule has 2 amide bonds. The van der Waals surface area contributed by atoms with Crippen LogP contribution in [0.3, 0.4) is 0 Å². The van der Waals surface area contributed by atoms with Crippen LogP contribution in [0.15, 0.2) is 48.5 Å². The molecule has 6 nitrogen and oxygen atoms in total. The first kappa shape index (κ1) is 18.3. The molecule has 0 aliphatic carbocycles. The minimum absolute atomic E-state index is 0.0101. The number of piperazine rings is 1. The summed E-state index contributed by atoms with van der Waals surface area (Å²) >= 11 is 0. The first-order chi connectivity index (χ1) is 13.6. The minimum atomic E-state index is -0.151. The van der Waals surface area contributed by atoms with Crippen LogP contribution >= 0.6 is 0 Å². The number of anilines is 2. The molecule has 2 aromatic carbocycles. The molecule has 28 heavy (non-hydrogen) atoms. The Morgan fingerprint density at radius 3 is 2.54 bits per heavy atom. The zero-order valence-corrected chi connectivity index (χ0v) is 15.8. The van der Waals surface area contributed by atoms with E-state index >= 15 is 0 Å². The van der Waals surface area contributed by atoms with Crippen LogP contribution in [0.5, 0.6) is 5.75 Å². The normalized spacial score (nSPS) is 19.1. The maximum absolute atomic E-state index is 12.6. The summed E-state index contributed by atoms with van der Waals surface area (Å²) in [5.74, 6) is 0.228. The van der Waals surface area contributed by atoms with E-state index in [-0.39, 0.29) is 23.5 Å². The number of nitrogens with one attached hydrogen (secondary N) is 1. The largest absolute Gasteiger partial charge is 0.506 e. The summed E-state index contributed by atoms with van der Waals surface area (Å²) in [7, 11) is 0. The molecule has 0 saturated carbocycles. The van der Waals surface area contributed by atoms with Gasteiger partial charge in [-0.05, 0) is 36.6 Å². The SMILES string of the molecule is O=C1Nc2ccccc2C[C@@H]1CCC(=O)N1CCN(c2ccccc2O)CC1. The highest BCUT2D eigenvalue weighted by Gasteiger charge is 2.28. The Hall–Kier alpha value is -3.02. The third-order valence-electron chi connectivity index (χ3n) is 5.67. The summed E-state index contributed by atoms with van der Waals surface area (Å²) in [4.78, 5) is 28.9. The maximum atomic E-state index is 12.6. The molecule has 2 aliphatic rings. The zero-order valence-electron chi connectivity index (χ0n) is 15.8. The van der Waals surface area contributed by atoms with Gasteiger partial charge in [0.05, 0.1) is 5.69 Å². The van der Waals surface area contributed by atoms with Gasteiger partial charge in [-0.1, -0.05) is 30.3 Å². The van der Waals surface area contributed by atoms with Gasteiger partial charge in [-0.3, -0.25) is 9.59 Å². The third kappa shape index (κ3) is 3.81. The molecule has 0 spiro atoms. The monoisotopic (exact) mass is 379 g/mol. The summed E-state index contributed by atoms with van der Waals surface area (Å²) in [5, 5.41) is 12.9. The minimum Gasteiger partial charge on any atom is -0.506 e. The molecule has 0 unspecified atom stereocenters. The Labute approximate surface area is 164 Å². The summed E-state index contributed by atoms with van der Waals surface area (Å²) in [6.45, 7) is 2.65. The predicted octanol–water partition coefficient (Wildman–Crippen LogP) is 2.63. The Bertz CT molecular complexity index is 875. The van der Waals surface area contributed by atoms with E-state index in [2.05, 4.69) is 10.2 Å². The van der Waals surface area contributed by atoms with Crippen molar-refractivity contribution in [2.75, 3.05) is 36.4 Å². The average Bonchev–Trinajstić information content (AvgIpc) is 2.72. The molecule has 2 aliphatic heterocycles. The van der Waals surface area contributed by atoms with E-state index in [4.69, 9.17) is 0 Å². The molecular weight excluding hydrogens is 354 g/mol. The number of rotatable bonds is 4. The topological polar surface area (TPSA) is 72.9 Å². The van der Waals surface area contributed by atoms with Gasteiger partial charge in [0.2, 0.25) is 11.8 Å². The molecule has 2 N–H and O–H groups in total. The first-order valence-corrected chi connectivity index (χ1v) is 9.81. The summed E-state index contributed by atoms with van der Waals surface area (Å²) in [6, 6.07) is 15.1. The van der Waals surface area contributed by atoms with Crippen LogP contribution in [-0.2, 0) is 16.0 Å². The number of benzene rings is 2. The molecule has 1 saturated heterocycles. The lowest BCUT2D eigenvalue weighted by molar-refractivity contribution is -0.132. The van der Waals surface area contributed by atoms with Crippen molar-refractivity contribution >= 4 is 23.2 Å². The van der Waals surface area contributed by atoms with Crippen LogP contribution in [0.4, 0.5) is 11.4 Å². The number of phenolic OH excluding ortho intramolecular Hbond substituents is 1. The lowest BCUT2D eigenvalue weighted by atomic mass is 9.89. The average molecular weight is 379 g/mol. The fourth-order valence-electron chi connectivity index (χ4n) is 4.03. The van der Waals surface area contributed by atoms with Gasteiger partial charge in [0.1, 0.15) is 5.75 Å². The van der Waals surface area contributed by atoms with Crippen molar-refractivity contribution < 1.29 is 14.7 Å². The molecule has 2 heterocycles. The summed E-state index contributed by atoms with van der Waals surface area (Å²) in [6.07, 6.45) is 1.64. The van der Waals surface area contributed by atoms with Crippen molar-refractivity contribution in [1.29, 1.82) is 0 Å². The highest BCUT2D eigenvalue weighted by Crippen LogP contribution is 2.29. The van der Waals surface area contributed by atoms with Gasteiger partial charge < -0.3 is 20.2 Å². The van der Waals surface area contributed by atoms with E-state index in [9.17, 15) is 14.7 Å². The van der Waals surface area contributed by atoms with Gasteiger partial charge in [-0.25, -0.2) is 0 Å². The van der Waals surface area contributed by atoms with Crippen molar-refractivity contribution in [3.8, 4) is 5.75 Å². The van der Waals surface area contributed by atoms with Gasteiger partial charge >= 0.3 is 0 Å². The standard InChI is InChI=1S/C22H25N3O3/c26-20-8-4-3-7-19(20)24-11-13-25(14-12-24)21(27)10-9-17-15-16-5-1-2-6-18(16)23-22(17)28/h1-8,17,26H,9-15H2,(H,23,28)/t17-/m0/s1. The van der Waals surface area contributed by atoms with E-state index in [0.717, 1.165) is 16.9 Å². The molecule has 0 bridgehead atoms. The molecule has 0 radical (unpaired) electrons. The highest BCUT2D eigenvalue weighted by atomic mass is 16.3. The molecule has 1 atom stereocenters. The Balaban J connectivity index is 1.28. The molecule has 2 aromatic rings. The molecule has 1 fully saturated rings.